The maximum atomic E-state index is 12.5. The van der Waals surface area contributed by atoms with Crippen LogP contribution in [0.2, 0.25) is 0 Å². The number of rotatable bonds is 10. The first-order chi connectivity index (χ1) is 15.2. The fourth-order valence-corrected chi connectivity index (χ4v) is 2.80. The first kappa shape index (κ1) is 27.2. The van der Waals surface area contributed by atoms with Gasteiger partial charge in [-0.3, -0.25) is 4.79 Å². The van der Waals surface area contributed by atoms with Crippen LogP contribution in [-0.2, 0) is 0 Å². The molecule has 1 atom stereocenters. The minimum Gasteiger partial charge on any atom is -0.390 e. The van der Waals surface area contributed by atoms with Crippen molar-refractivity contribution in [2.45, 2.75) is 33.8 Å². The van der Waals surface area contributed by atoms with Crippen LogP contribution in [-0.4, -0.2) is 54.4 Å². The maximum absolute atomic E-state index is 12.5. The molecule has 0 aliphatic heterocycles. The maximum Gasteiger partial charge on any atom is 0.251 e. The lowest BCUT2D eigenvalue weighted by molar-refractivity contribution is 0.0869. The number of hydrogen-bond acceptors (Lipinski definition) is 5. The normalized spacial score (nSPS) is 13.1. The number of benzene rings is 1. The molecule has 0 aliphatic carbocycles. The minimum atomic E-state index is -0.639. The minimum absolute atomic E-state index is 0.0820. The van der Waals surface area contributed by atoms with Crippen molar-refractivity contribution in [2.24, 2.45) is 10.7 Å². The van der Waals surface area contributed by atoms with Crippen molar-refractivity contribution in [1.29, 1.82) is 0 Å². The fourth-order valence-electron chi connectivity index (χ4n) is 2.71. The van der Waals surface area contributed by atoms with Gasteiger partial charge in [0, 0.05) is 30.4 Å². The molecule has 1 rings (SSSR count). The first-order valence-electron chi connectivity index (χ1n) is 10.5. The number of aliphatic imine (C=N–C) groups is 1. The summed E-state index contributed by atoms with van der Waals surface area (Å²) in [5, 5.41) is 13.0. The summed E-state index contributed by atoms with van der Waals surface area (Å²) in [5.74, 6) is 5.52. The van der Waals surface area contributed by atoms with Gasteiger partial charge in [0.25, 0.3) is 5.91 Å². The van der Waals surface area contributed by atoms with Crippen LogP contribution in [0.25, 0.3) is 0 Å². The molecule has 1 aromatic rings. The molecule has 0 heterocycles. The first-order valence-corrected chi connectivity index (χ1v) is 10.9. The third-order valence-electron chi connectivity index (χ3n) is 4.64. The smallest absolute Gasteiger partial charge is 0.251 e. The highest BCUT2D eigenvalue weighted by molar-refractivity contribution is 6.32. The van der Waals surface area contributed by atoms with E-state index in [1.807, 2.05) is 39.8 Å². The van der Waals surface area contributed by atoms with E-state index >= 15 is 0 Å². The predicted molar refractivity (Wildman–Crippen MR) is 134 cm³/mol. The van der Waals surface area contributed by atoms with E-state index in [1.165, 1.54) is 6.21 Å². The second-order valence-corrected chi connectivity index (χ2v) is 7.54. The molecule has 6 nitrogen and oxygen atoms in total. The highest BCUT2D eigenvalue weighted by Gasteiger charge is 2.12. The quantitative estimate of drug-likeness (QED) is 0.286. The molecule has 172 valence electrons. The molecule has 0 radical (unpaired) electrons. The zero-order chi connectivity index (χ0) is 24.1. The van der Waals surface area contributed by atoms with Crippen LogP contribution in [0.5, 0.6) is 0 Å². The third-order valence-corrected chi connectivity index (χ3v) is 4.93. The molecule has 0 spiro atoms. The zero-order valence-electron chi connectivity index (χ0n) is 19.3. The van der Waals surface area contributed by atoms with Crippen molar-refractivity contribution >= 4 is 23.7 Å². The molecule has 32 heavy (non-hydrogen) atoms. The van der Waals surface area contributed by atoms with Crippen LogP contribution in [0.3, 0.4) is 0 Å². The molecular formula is C25H33ClN4O2. The molecule has 0 saturated heterocycles. The summed E-state index contributed by atoms with van der Waals surface area (Å²) in [6, 6.07) is 5.22. The van der Waals surface area contributed by atoms with Gasteiger partial charge in [0.2, 0.25) is 0 Å². The van der Waals surface area contributed by atoms with E-state index in [-0.39, 0.29) is 23.3 Å². The Hall–Kier alpha value is -2.85. The van der Waals surface area contributed by atoms with Gasteiger partial charge in [-0.1, -0.05) is 56.2 Å². The average Bonchev–Trinajstić information content (AvgIpc) is 2.78. The Bertz CT molecular complexity index is 950. The van der Waals surface area contributed by atoms with Crippen molar-refractivity contribution in [1.82, 2.24) is 10.2 Å². The zero-order valence-corrected chi connectivity index (χ0v) is 20.0. The molecule has 0 fully saturated rings. The van der Waals surface area contributed by atoms with Gasteiger partial charge in [0.15, 0.2) is 5.82 Å². The molecule has 7 heteroatoms. The number of nitrogens with two attached hydrogens (primary N) is 1. The van der Waals surface area contributed by atoms with Gasteiger partial charge in [-0.15, -0.1) is 0 Å². The molecule has 0 aliphatic rings. The standard InChI is InChI=1S/C25H33ClN4O2/c1-6-9-18(4)15-28-24(27)23(26)13-12-20-14-21(11-10-19(20)5)25(32)29-16-22(31)17-30(7-2)8-3/h6,9-11,14-15,22,31H,4,7-8,16-17,27H2,1-3,5H3,(H,29,32)/b9-6-,24-23-,28-15?. The Morgan fingerprint density at radius 2 is 2.09 bits per heavy atom. The monoisotopic (exact) mass is 456 g/mol. The topological polar surface area (TPSA) is 90.9 Å². The second-order valence-electron chi connectivity index (χ2n) is 7.16. The fraction of sp³-hybridized carbons (Fsp3) is 0.360. The van der Waals surface area contributed by atoms with E-state index in [9.17, 15) is 9.90 Å². The molecule has 0 bridgehead atoms. The lowest BCUT2D eigenvalue weighted by Gasteiger charge is -2.22. The van der Waals surface area contributed by atoms with Crippen LogP contribution in [0.1, 0.15) is 42.3 Å². The van der Waals surface area contributed by atoms with Crippen molar-refractivity contribution in [2.75, 3.05) is 26.2 Å². The van der Waals surface area contributed by atoms with E-state index in [0.717, 1.165) is 18.7 Å². The van der Waals surface area contributed by atoms with E-state index in [1.54, 1.807) is 18.2 Å². The number of likely N-dealkylation sites (N-methyl/N-ethyl adjacent to an activating group) is 1. The van der Waals surface area contributed by atoms with E-state index in [4.69, 9.17) is 17.3 Å². The van der Waals surface area contributed by atoms with Crippen LogP contribution in [0, 0.1) is 18.8 Å². The van der Waals surface area contributed by atoms with E-state index in [0.29, 0.717) is 23.2 Å². The van der Waals surface area contributed by atoms with Crippen LogP contribution in [0.15, 0.2) is 58.3 Å². The van der Waals surface area contributed by atoms with E-state index in [2.05, 4.69) is 33.6 Å². The van der Waals surface area contributed by atoms with Crippen LogP contribution < -0.4 is 11.1 Å². The number of amides is 1. The largest absolute Gasteiger partial charge is 0.390 e. The lowest BCUT2D eigenvalue weighted by Crippen LogP contribution is -2.40. The molecule has 4 N–H and O–H groups in total. The molecule has 0 saturated carbocycles. The van der Waals surface area contributed by atoms with Gasteiger partial charge in [0.05, 0.1) is 6.10 Å². The van der Waals surface area contributed by atoms with Gasteiger partial charge in [0.1, 0.15) is 5.03 Å². The van der Waals surface area contributed by atoms with Crippen molar-refractivity contribution in [3.63, 3.8) is 0 Å². The van der Waals surface area contributed by atoms with Crippen LogP contribution >= 0.6 is 11.6 Å². The number of aliphatic hydroxyl groups excluding tert-OH is 1. The highest BCUT2D eigenvalue weighted by Crippen LogP contribution is 2.12. The number of aryl methyl sites for hydroxylation is 1. The summed E-state index contributed by atoms with van der Waals surface area (Å²) >= 11 is 6.15. The SMILES string of the molecule is C=C(C=N/C(N)=C(\Cl)C#Cc1cc(C(=O)NCC(O)CN(CC)CC)ccc1C)/C=C\C. The predicted octanol–water partition coefficient (Wildman–Crippen LogP) is 3.35. The number of halogens is 1. The van der Waals surface area contributed by atoms with E-state index < -0.39 is 6.10 Å². The van der Waals surface area contributed by atoms with Crippen molar-refractivity contribution in [3.05, 3.63) is 70.0 Å². The Balaban J connectivity index is 2.89. The number of nitrogens with one attached hydrogen (secondary N) is 1. The van der Waals surface area contributed by atoms with Gasteiger partial charge in [-0.05, 0) is 56.1 Å². The highest BCUT2D eigenvalue weighted by atomic mass is 35.5. The summed E-state index contributed by atoms with van der Waals surface area (Å²) in [6.45, 7) is 14.0. The number of carbonyl (C=O) groups excluding carboxylic acids is 1. The third kappa shape index (κ3) is 9.52. The number of carbonyl (C=O) groups is 1. The van der Waals surface area contributed by atoms with Gasteiger partial charge in [-0.25, -0.2) is 4.99 Å². The number of hydrogen-bond donors (Lipinski definition) is 3. The average molecular weight is 457 g/mol. The number of allylic oxidation sites excluding steroid dienone is 4. The van der Waals surface area contributed by atoms with Crippen molar-refractivity contribution < 1.29 is 9.90 Å². The number of aliphatic hydroxyl groups is 1. The molecule has 0 aromatic heterocycles. The summed E-state index contributed by atoms with van der Waals surface area (Å²) in [5.41, 5.74) is 8.53. The summed E-state index contributed by atoms with van der Waals surface area (Å²) in [7, 11) is 0. The van der Waals surface area contributed by atoms with Crippen molar-refractivity contribution in [3.8, 4) is 11.8 Å². The summed E-state index contributed by atoms with van der Waals surface area (Å²) in [4.78, 5) is 18.7. The molecule has 1 aromatic carbocycles. The van der Waals surface area contributed by atoms with Gasteiger partial charge >= 0.3 is 0 Å². The second kappa shape index (κ2) is 14.3. The van der Waals surface area contributed by atoms with Crippen LogP contribution in [0.4, 0.5) is 0 Å². The van der Waals surface area contributed by atoms with Gasteiger partial charge in [-0.2, -0.15) is 0 Å². The Morgan fingerprint density at radius 1 is 1.41 bits per heavy atom. The lowest BCUT2D eigenvalue weighted by atomic mass is 10.0. The Morgan fingerprint density at radius 3 is 2.72 bits per heavy atom. The van der Waals surface area contributed by atoms with Gasteiger partial charge < -0.3 is 21.1 Å². The summed E-state index contributed by atoms with van der Waals surface area (Å²) < 4.78 is 0. The summed E-state index contributed by atoms with van der Waals surface area (Å²) in [6.07, 6.45) is 4.50. The Kier molecular flexibility index (Phi) is 12.1. The molecule has 1 unspecified atom stereocenters. The Labute approximate surface area is 196 Å². The molecular weight excluding hydrogens is 424 g/mol. The number of nitrogens with zero attached hydrogens (tertiary/aromatic N) is 2. The molecule has 1 amide bonds.